The Kier molecular flexibility index (Phi) is 6.20. The number of hydrogen-bond donors (Lipinski definition) is 1. The fraction of sp³-hybridized carbons (Fsp3) is 0.450. The lowest BCUT2D eigenvalue weighted by Crippen LogP contribution is -2.22. The molecular formula is C20H25BrClNO3Si. The smallest absolute Gasteiger partial charge is 0.194 e. The number of nitrogens with zero attached hydrogens (tertiary/aromatic N) is 1. The third-order valence-electron chi connectivity index (χ3n) is 4.93. The van der Waals surface area contributed by atoms with Crippen molar-refractivity contribution in [3.8, 4) is 0 Å². The van der Waals surface area contributed by atoms with E-state index in [2.05, 4.69) is 40.1 Å². The van der Waals surface area contributed by atoms with Gasteiger partial charge in [-0.3, -0.25) is 4.79 Å². The molecule has 146 valence electrons. The van der Waals surface area contributed by atoms with Crippen LogP contribution in [0.3, 0.4) is 0 Å². The monoisotopic (exact) mass is 469 g/mol. The van der Waals surface area contributed by atoms with Crippen LogP contribution in [0.1, 0.15) is 28.9 Å². The molecule has 1 aromatic carbocycles. The first-order valence-electron chi connectivity index (χ1n) is 9.19. The Hall–Kier alpha value is -1.08. The van der Waals surface area contributed by atoms with Crippen molar-refractivity contribution >= 4 is 52.3 Å². The van der Waals surface area contributed by atoms with Gasteiger partial charge >= 0.3 is 0 Å². The minimum Gasteiger partial charge on any atom is -0.515 e. The molecule has 0 saturated heterocycles. The summed E-state index contributed by atoms with van der Waals surface area (Å²) in [4.78, 5) is 13.0. The lowest BCUT2D eigenvalue weighted by atomic mass is 10.0. The number of benzene rings is 1. The molecule has 27 heavy (non-hydrogen) atoms. The molecule has 0 fully saturated rings. The number of ketones is 1. The molecule has 0 radical (unpaired) electrons. The number of hydrogen-bond acceptors (Lipinski definition) is 3. The molecule has 0 atom stereocenters. The van der Waals surface area contributed by atoms with Gasteiger partial charge < -0.3 is 14.4 Å². The summed E-state index contributed by atoms with van der Waals surface area (Å²) >= 11 is 9.88. The molecule has 0 unspecified atom stereocenters. The molecule has 1 aliphatic rings. The minimum absolute atomic E-state index is 0.120. The number of aromatic nitrogens is 1. The van der Waals surface area contributed by atoms with Crippen molar-refractivity contribution in [3.05, 3.63) is 44.7 Å². The highest BCUT2D eigenvalue weighted by molar-refractivity contribution is 9.10. The third kappa shape index (κ3) is 4.34. The van der Waals surface area contributed by atoms with Gasteiger partial charge in [0.1, 0.15) is 6.73 Å². The minimum atomic E-state index is -1.16. The summed E-state index contributed by atoms with van der Waals surface area (Å²) in [5.74, 6) is -0.120. The van der Waals surface area contributed by atoms with Crippen molar-refractivity contribution in [3.63, 3.8) is 0 Å². The Labute approximate surface area is 174 Å². The van der Waals surface area contributed by atoms with Crippen molar-refractivity contribution < 1.29 is 14.6 Å². The van der Waals surface area contributed by atoms with Gasteiger partial charge in [-0.15, -0.1) is 0 Å². The summed E-state index contributed by atoms with van der Waals surface area (Å²) in [5.41, 5.74) is 2.97. The predicted molar refractivity (Wildman–Crippen MR) is 117 cm³/mol. The predicted octanol–water partition coefficient (Wildman–Crippen LogP) is 6.33. The number of allylic oxidation sites excluding steroid dienone is 1. The highest BCUT2D eigenvalue weighted by Crippen LogP contribution is 2.38. The maximum atomic E-state index is 13.0. The lowest BCUT2D eigenvalue weighted by Gasteiger charge is -2.17. The molecule has 1 aliphatic carbocycles. The van der Waals surface area contributed by atoms with E-state index in [4.69, 9.17) is 16.3 Å². The number of halogens is 2. The Morgan fingerprint density at radius 1 is 1.33 bits per heavy atom. The summed E-state index contributed by atoms with van der Waals surface area (Å²) in [5, 5.41) is 10.9. The van der Waals surface area contributed by atoms with Gasteiger partial charge in [0.05, 0.1) is 17.3 Å². The standard InChI is InChI=1S/C20H25BrClNO3Si/c1-27(2,3)8-7-26-12-23-17-6-4-5-13(11-24)20(25)18(17)15-9-14(22)10-16(21)19(15)23/h9-11,24H,4-8,12H2,1-3H3. The van der Waals surface area contributed by atoms with E-state index >= 15 is 0 Å². The number of rotatable bonds is 5. The summed E-state index contributed by atoms with van der Waals surface area (Å²) in [7, 11) is -1.16. The average molecular weight is 471 g/mol. The van der Waals surface area contributed by atoms with Gasteiger partial charge in [0.25, 0.3) is 0 Å². The maximum absolute atomic E-state index is 13.0. The molecule has 1 aromatic heterocycles. The highest BCUT2D eigenvalue weighted by atomic mass is 79.9. The van der Waals surface area contributed by atoms with Gasteiger partial charge in [0.2, 0.25) is 0 Å². The highest BCUT2D eigenvalue weighted by Gasteiger charge is 2.28. The van der Waals surface area contributed by atoms with E-state index in [1.54, 1.807) is 0 Å². The van der Waals surface area contributed by atoms with Crippen LogP contribution >= 0.6 is 27.5 Å². The van der Waals surface area contributed by atoms with E-state index in [1.165, 1.54) is 0 Å². The van der Waals surface area contributed by atoms with Crippen LogP contribution in [-0.2, 0) is 17.9 Å². The number of aliphatic hydroxyl groups excluding tert-OH is 1. The largest absolute Gasteiger partial charge is 0.515 e. The van der Waals surface area contributed by atoms with Crippen LogP contribution in [0.15, 0.2) is 28.4 Å². The van der Waals surface area contributed by atoms with Gasteiger partial charge in [-0.1, -0.05) is 31.2 Å². The molecule has 0 amide bonds. The van der Waals surface area contributed by atoms with Crippen molar-refractivity contribution in [2.45, 2.75) is 51.7 Å². The van der Waals surface area contributed by atoms with Crippen LogP contribution in [0.25, 0.3) is 10.9 Å². The van der Waals surface area contributed by atoms with E-state index in [0.29, 0.717) is 35.9 Å². The third-order valence-corrected chi connectivity index (χ3v) is 7.46. The van der Waals surface area contributed by atoms with Crippen molar-refractivity contribution in [1.29, 1.82) is 0 Å². The Morgan fingerprint density at radius 2 is 2.07 bits per heavy atom. The summed E-state index contributed by atoms with van der Waals surface area (Å²) < 4.78 is 8.94. The molecule has 2 aromatic rings. The fourth-order valence-electron chi connectivity index (χ4n) is 3.49. The molecule has 1 N–H and O–H groups in total. The zero-order chi connectivity index (χ0) is 19.8. The molecule has 0 spiro atoms. The van der Waals surface area contributed by atoms with Gasteiger partial charge in [-0.05, 0) is 53.4 Å². The van der Waals surface area contributed by atoms with Crippen LogP contribution in [-0.4, -0.2) is 30.1 Å². The Balaban J connectivity index is 2.08. The Morgan fingerprint density at radius 3 is 2.74 bits per heavy atom. The number of carbonyl (C=O) groups is 1. The molecule has 0 bridgehead atoms. The SMILES string of the molecule is C[Si](C)(C)CCOCn1c2c(c3cc(Cl)cc(Br)c31)C(=O)C(=CO)CCC2. The second-order valence-corrected chi connectivity index (χ2v) is 15.1. The van der Waals surface area contributed by atoms with Gasteiger partial charge in [0, 0.05) is 40.8 Å². The van der Waals surface area contributed by atoms with Crippen LogP contribution in [0.2, 0.25) is 30.7 Å². The molecular weight excluding hydrogens is 446 g/mol. The number of carbonyl (C=O) groups excluding carboxylic acids is 1. The maximum Gasteiger partial charge on any atom is 0.194 e. The summed E-state index contributed by atoms with van der Waals surface area (Å²) in [6.45, 7) is 8.10. The zero-order valence-electron chi connectivity index (χ0n) is 15.9. The number of ether oxygens (including phenoxy) is 1. The quantitative estimate of drug-likeness (QED) is 0.183. The first-order valence-corrected chi connectivity index (χ1v) is 14.1. The van der Waals surface area contributed by atoms with E-state index in [9.17, 15) is 9.90 Å². The average Bonchev–Trinajstić information content (AvgIpc) is 2.77. The molecule has 7 heteroatoms. The zero-order valence-corrected chi connectivity index (χ0v) is 19.3. The first kappa shape index (κ1) is 20.6. The fourth-order valence-corrected chi connectivity index (χ4v) is 5.27. The van der Waals surface area contributed by atoms with Crippen LogP contribution in [0, 0.1) is 0 Å². The second kappa shape index (κ2) is 8.11. The van der Waals surface area contributed by atoms with Crippen molar-refractivity contribution in [2.24, 2.45) is 0 Å². The Bertz CT molecular complexity index is 914. The van der Waals surface area contributed by atoms with E-state index in [0.717, 1.165) is 46.2 Å². The number of fused-ring (bicyclic) bond motifs is 3. The van der Waals surface area contributed by atoms with Crippen molar-refractivity contribution in [1.82, 2.24) is 4.57 Å². The summed E-state index contributed by atoms with van der Waals surface area (Å²) in [6, 6.07) is 4.77. The van der Waals surface area contributed by atoms with Crippen molar-refractivity contribution in [2.75, 3.05) is 6.61 Å². The van der Waals surface area contributed by atoms with E-state index in [-0.39, 0.29) is 5.78 Å². The van der Waals surface area contributed by atoms with Gasteiger partial charge in [-0.25, -0.2) is 0 Å². The number of aliphatic hydroxyl groups is 1. The molecule has 0 aliphatic heterocycles. The number of Topliss-reactive ketones (excluding diaryl/α,β-unsaturated/α-hetero) is 1. The van der Waals surface area contributed by atoms with Crippen LogP contribution in [0.4, 0.5) is 0 Å². The van der Waals surface area contributed by atoms with Gasteiger partial charge in [0.15, 0.2) is 5.78 Å². The van der Waals surface area contributed by atoms with Gasteiger partial charge in [-0.2, -0.15) is 0 Å². The van der Waals surface area contributed by atoms with E-state index in [1.807, 2.05) is 12.1 Å². The summed E-state index contributed by atoms with van der Waals surface area (Å²) in [6.07, 6.45) is 3.09. The van der Waals surface area contributed by atoms with Crippen LogP contribution < -0.4 is 0 Å². The molecule has 4 nitrogen and oxygen atoms in total. The van der Waals surface area contributed by atoms with E-state index < -0.39 is 8.07 Å². The second-order valence-electron chi connectivity index (χ2n) is 8.22. The first-order chi connectivity index (χ1) is 12.7. The normalized spacial score (nSPS) is 16.8. The molecule has 1 heterocycles. The lowest BCUT2D eigenvalue weighted by molar-refractivity contribution is 0.0881. The topological polar surface area (TPSA) is 51.5 Å². The molecule has 0 saturated carbocycles. The molecule has 3 rings (SSSR count). The van der Waals surface area contributed by atoms with Crippen LogP contribution in [0.5, 0.6) is 0 Å².